The molecule has 0 unspecified atom stereocenters. The van der Waals surface area contributed by atoms with Crippen molar-refractivity contribution >= 4 is 41.2 Å². The molecule has 1 aromatic rings. The zero-order valence-electron chi connectivity index (χ0n) is 14.3. The summed E-state index contributed by atoms with van der Waals surface area (Å²) >= 11 is 12.2. The summed E-state index contributed by atoms with van der Waals surface area (Å²) in [5.74, 6) is 0.454. The van der Waals surface area contributed by atoms with Crippen LogP contribution < -0.4 is 9.68 Å². The van der Waals surface area contributed by atoms with Gasteiger partial charge in [0.15, 0.2) is 0 Å². The standard InChI is InChI=1S/C18H23ClN3OPS/c19-11-14-23-24(25)18-16(20-22(24)15-7-2-1-3-8-15)9-6-10-17(18)21-12-4-5-13-21/h1-3,7-8H,4-6,9-14H2/p+1/t24-/m0/s1. The van der Waals surface area contributed by atoms with Gasteiger partial charge in [-0.2, -0.15) is 5.10 Å². The molecule has 3 aliphatic rings. The van der Waals surface area contributed by atoms with Crippen molar-refractivity contribution in [3.05, 3.63) is 41.3 Å². The maximum Gasteiger partial charge on any atom is 0.213 e. The molecule has 1 aromatic carbocycles. The van der Waals surface area contributed by atoms with Gasteiger partial charge in [0.25, 0.3) is 0 Å². The minimum atomic E-state index is -2.42. The van der Waals surface area contributed by atoms with Gasteiger partial charge in [0.2, 0.25) is 6.42 Å². The minimum absolute atomic E-state index is 0.454. The quantitative estimate of drug-likeness (QED) is 0.610. The Bertz CT molecular complexity index is 746. The van der Waals surface area contributed by atoms with E-state index in [1.165, 1.54) is 36.9 Å². The third-order valence-corrected chi connectivity index (χ3v) is 9.04. The Labute approximate surface area is 159 Å². The molecule has 0 saturated carbocycles. The predicted octanol–water partition coefficient (Wildman–Crippen LogP) is 3.50. The Kier molecular flexibility index (Phi) is 5.30. The van der Waals surface area contributed by atoms with E-state index >= 15 is 0 Å². The fraction of sp³-hybridized carbons (Fsp3) is 0.500. The van der Waals surface area contributed by atoms with Crippen LogP contribution in [0, 0.1) is 0 Å². The number of alkyl halides is 1. The van der Waals surface area contributed by atoms with Gasteiger partial charge in [-0.25, -0.2) is 4.78 Å². The van der Waals surface area contributed by atoms with Crippen LogP contribution >= 0.6 is 18.0 Å². The SMILES string of the molecule is S=[P@@]1(OCCCl)C2=C([NH+]3CCCC3)CCCC2=NN1c1ccccc1. The first-order valence-corrected chi connectivity index (χ1v) is 12.3. The number of hydrogen-bond acceptors (Lipinski definition) is 3. The van der Waals surface area contributed by atoms with E-state index in [1.54, 1.807) is 4.90 Å². The zero-order chi connectivity index (χ0) is 17.3. The van der Waals surface area contributed by atoms with E-state index in [0.29, 0.717) is 12.5 Å². The highest BCUT2D eigenvalue weighted by molar-refractivity contribution is 8.15. The van der Waals surface area contributed by atoms with Gasteiger partial charge in [0.05, 0.1) is 31.1 Å². The molecule has 134 valence electrons. The number of hydrogen-bond donors (Lipinski definition) is 1. The molecule has 4 rings (SSSR count). The van der Waals surface area contributed by atoms with E-state index in [-0.39, 0.29) is 0 Å². The van der Waals surface area contributed by atoms with Crippen molar-refractivity contribution in [1.29, 1.82) is 0 Å². The average Bonchev–Trinajstić information content (AvgIpc) is 3.28. The van der Waals surface area contributed by atoms with Gasteiger partial charge in [0.1, 0.15) is 11.0 Å². The Morgan fingerprint density at radius 2 is 1.92 bits per heavy atom. The maximum absolute atomic E-state index is 6.30. The number of likely N-dealkylation sites (tertiary alicyclic amines) is 1. The van der Waals surface area contributed by atoms with E-state index in [0.717, 1.165) is 30.7 Å². The summed E-state index contributed by atoms with van der Waals surface area (Å²) in [7, 11) is 0. The summed E-state index contributed by atoms with van der Waals surface area (Å²) in [4.78, 5) is 1.60. The van der Waals surface area contributed by atoms with Gasteiger partial charge in [-0.3, -0.25) is 0 Å². The second-order valence-corrected chi connectivity index (χ2v) is 10.7. The molecule has 0 amide bonds. The lowest BCUT2D eigenvalue weighted by molar-refractivity contribution is -0.849. The minimum Gasteiger partial charge on any atom is -0.328 e. The Morgan fingerprint density at radius 1 is 1.16 bits per heavy atom. The van der Waals surface area contributed by atoms with Crippen LogP contribution in [0.15, 0.2) is 46.4 Å². The fourth-order valence-electron chi connectivity index (χ4n) is 4.04. The zero-order valence-corrected chi connectivity index (χ0v) is 16.8. The van der Waals surface area contributed by atoms with Gasteiger partial charge in [0, 0.05) is 25.1 Å². The number of rotatable bonds is 5. The van der Waals surface area contributed by atoms with Crippen molar-refractivity contribution in [3.8, 4) is 0 Å². The van der Waals surface area contributed by atoms with Gasteiger partial charge >= 0.3 is 0 Å². The Morgan fingerprint density at radius 3 is 2.64 bits per heavy atom. The van der Waals surface area contributed by atoms with E-state index in [9.17, 15) is 0 Å². The second kappa shape index (κ2) is 7.50. The molecule has 7 heteroatoms. The lowest BCUT2D eigenvalue weighted by Gasteiger charge is -2.30. The Hall–Kier alpha value is -0.710. The summed E-state index contributed by atoms with van der Waals surface area (Å²) in [6.07, 6.45) is 3.45. The molecule has 0 aromatic heterocycles. The highest BCUT2D eigenvalue weighted by Gasteiger charge is 2.46. The number of fused-ring (bicyclic) bond motifs is 1. The first-order valence-electron chi connectivity index (χ1n) is 9.07. The number of para-hydroxylation sites is 1. The summed E-state index contributed by atoms with van der Waals surface area (Å²) < 4.78 is 8.30. The summed E-state index contributed by atoms with van der Waals surface area (Å²) in [5, 5.41) is 6.21. The second-order valence-electron chi connectivity index (χ2n) is 6.71. The largest absolute Gasteiger partial charge is 0.328 e. The number of anilines is 1. The van der Waals surface area contributed by atoms with Gasteiger partial charge in [-0.1, -0.05) is 18.2 Å². The highest BCUT2D eigenvalue weighted by atomic mass is 35.5. The molecule has 1 aliphatic carbocycles. The maximum atomic E-state index is 6.30. The summed E-state index contributed by atoms with van der Waals surface area (Å²) in [6.45, 7) is 2.89. The monoisotopic (exact) mass is 396 g/mol. The smallest absolute Gasteiger partial charge is 0.213 e. The van der Waals surface area contributed by atoms with Crippen LogP contribution in [0.25, 0.3) is 0 Å². The summed E-state index contributed by atoms with van der Waals surface area (Å²) in [6, 6.07) is 10.2. The topological polar surface area (TPSA) is 29.3 Å². The van der Waals surface area contributed by atoms with Gasteiger partial charge in [-0.15, -0.1) is 11.6 Å². The Balaban J connectivity index is 1.82. The third kappa shape index (κ3) is 3.22. The molecular formula is C18H24ClN3OPS+. The normalized spacial score (nSPS) is 26.9. The number of allylic oxidation sites excluding steroid dienone is 2. The van der Waals surface area contributed by atoms with Crippen LogP contribution in [0.4, 0.5) is 5.69 Å². The van der Waals surface area contributed by atoms with Crippen LogP contribution in [0.1, 0.15) is 32.1 Å². The molecule has 0 spiro atoms. The van der Waals surface area contributed by atoms with Crippen LogP contribution in [-0.4, -0.2) is 31.3 Å². The number of halogens is 1. The number of quaternary nitrogens is 1. The molecular weight excluding hydrogens is 373 g/mol. The molecule has 2 heterocycles. The number of nitrogens with one attached hydrogen (secondary N) is 1. The third-order valence-electron chi connectivity index (χ3n) is 5.11. The molecule has 1 N–H and O–H groups in total. The average molecular weight is 397 g/mol. The van der Waals surface area contributed by atoms with E-state index < -0.39 is 6.42 Å². The van der Waals surface area contributed by atoms with Crippen LogP contribution in [0.5, 0.6) is 0 Å². The molecule has 4 nitrogen and oxygen atoms in total. The highest BCUT2D eigenvalue weighted by Crippen LogP contribution is 2.66. The van der Waals surface area contributed by atoms with Gasteiger partial charge < -0.3 is 9.42 Å². The first kappa shape index (κ1) is 17.7. The fourth-order valence-corrected chi connectivity index (χ4v) is 8.01. The first-order chi connectivity index (χ1) is 12.2. The van der Waals surface area contributed by atoms with Crippen molar-refractivity contribution in [2.24, 2.45) is 5.10 Å². The van der Waals surface area contributed by atoms with E-state index in [4.69, 9.17) is 33.0 Å². The van der Waals surface area contributed by atoms with Crippen LogP contribution in [0.2, 0.25) is 0 Å². The summed E-state index contributed by atoms with van der Waals surface area (Å²) in [5.41, 5.74) is 3.65. The van der Waals surface area contributed by atoms with E-state index in [1.807, 2.05) is 23.0 Å². The predicted molar refractivity (Wildman–Crippen MR) is 108 cm³/mol. The van der Waals surface area contributed by atoms with Crippen molar-refractivity contribution in [1.82, 2.24) is 0 Å². The number of benzene rings is 1. The van der Waals surface area contributed by atoms with Gasteiger partial charge in [-0.05, 0) is 36.8 Å². The molecule has 1 fully saturated rings. The van der Waals surface area contributed by atoms with Crippen molar-refractivity contribution in [2.45, 2.75) is 32.1 Å². The molecule has 2 aliphatic heterocycles. The van der Waals surface area contributed by atoms with Crippen molar-refractivity contribution in [3.63, 3.8) is 0 Å². The van der Waals surface area contributed by atoms with Crippen molar-refractivity contribution in [2.75, 3.05) is 30.4 Å². The molecule has 0 bridgehead atoms. The molecule has 0 radical (unpaired) electrons. The van der Waals surface area contributed by atoms with Crippen LogP contribution in [-0.2, 0) is 16.3 Å². The number of nitrogens with zero attached hydrogens (tertiary/aromatic N) is 2. The lowest BCUT2D eigenvalue weighted by atomic mass is 10.0. The lowest BCUT2D eigenvalue weighted by Crippen LogP contribution is -3.08. The molecule has 25 heavy (non-hydrogen) atoms. The van der Waals surface area contributed by atoms with Crippen molar-refractivity contribution < 1.29 is 9.42 Å². The van der Waals surface area contributed by atoms with Crippen LogP contribution in [0.3, 0.4) is 0 Å². The van der Waals surface area contributed by atoms with E-state index in [2.05, 4.69) is 12.1 Å². The number of hydrazone groups is 1. The molecule has 1 saturated heterocycles. The molecule has 1 atom stereocenters.